The highest BCUT2D eigenvalue weighted by molar-refractivity contribution is 7.88. The van der Waals surface area contributed by atoms with Gasteiger partial charge in [-0.25, -0.2) is 4.79 Å². The van der Waals surface area contributed by atoms with E-state index in [9.17, 15) is 31.2 Å². The van der Waals surface area contributed by atoms with E-state index in [0.29, 0.717) is 0 Å². The van der Waals surface area contributed by atoms with Gasteiger partial charge in [-0.2, -0.15) is 21.6 Å². The van der Waals surface area contributed by atoms with E-state index in [1.165, 1.54) is 7.05 Å². The maximum absolute atomic E-state index is 12.7. The molecule has 27 heavy (non-hydrogen) atoms. The van der Waals surface area contributed by atoms with E-state index in [1.807, 2.05) is 0 Å². The van der Waals surface area contributed by atoms with Crippen molar-refractivity contribution in [3.63, 3.8) is 0 Å². The van der Waals surface area contributed by atoms with Gasteiger partial charge in [0.15, 0.2) is 5.75 Å². The van der Waals surface area contributed by atoms with Crippen molar-refractivity contribution in [1.29, 1.82) is 0 Å². The minimum absolute atomic E-state index is 0.00767. The number of rotatable bonds is 2. The maximum Gasteiger partial charge on any atom is 0.534 e. The molecule has 0 unspecified atom stereocenters. The number of fused-ring (bicyclic) bond motifs is 1. The number of amides is 1. The first kappa shape index (κ1) is 21.1. The summed E-state index contributed by atoms with van der Waals surface area (Å²) in [7, 11) is -4.60. The van der Waals surface area contributed by atoms with Crippen molar-refractivity contribution in [3.05, 3.63) is 27.2 Å². The molecule has 0 spiro atoms. The number of hydrogen-bond donors (Lipinski definition) is 0. The van der Waals surface area contributed by atoms with Gasteiger partial charge in [0.2, 0.25) is 0 Å². The first-order valence-corrected chi connectivity index (χ1v) is 9.16. The summed E-state index contributed by atoms with van der Waals surface area (Å²) in [4.78, 5) is 25.6. The van der Waals surface area contributed by atoms with E-state index in [4.69, 9.17) is 4.74 Å². The molecule has 8 nitrogen and oxygen atoms in total. The summed E-state index contributed by atoms with van der Waals surface area (Å²) in [6.07, 6.45) is -0.756. The molecule has 0 fully saturated rings. The van der Waals surface area contributed by atoms with Crippen LogP contribution in [0.25, 0.3) is 0 Å². The molecule has 0 aromatic carbocycles. The Morgan fingerprint density at radius 2 is 1.70 bits per heavy atom. The number of carbonyl (C=O) groups is 1. The van der Waals surface area contributed by atoms with Crippen LogP contribution in [-0.4, -0.2) is 35.1 Å². The van der Waals surface area contributed by atoms with Crippen LogP contribution in [-0.2, 0) is 35.0 Å². The van der Waals surface area contributed by atoms with E-state index in [2.05, 4.69) is 4.18 Å². The summed E-state index contributed by atoms with van der Waals surface area (Å²) in [5, 5.41) is 0. The van der Waals surface area contributed by atoms with Crippen LogP contribution in [0, 0.1) is 6.92 Å². The Hall–Kier alpha value is -2.24. The molecule has 0 radical (unpaired) electrons. The average Bonchev–Trinajstić information content (AvgIpc) is 2.92. The zero-order valence-electron chi connectivity index (χ0n) is 15.3. The minimum Gasteiger partial charge on any atom is -0.444 e. The average molecular weight is 412 g/mol. The zero-order valence-corrected chi connectivity index (χ0v) is 16.1. The molecule has 12 heteroatoms. The van der Waals surface area contributed by atoms with E-state index in [-0.39, 0.29) is 29.9 Å². The molecule has 1 aromatic heterocycles. The maximum atomic E-state index is 12.7. The van der Waals surface area contributed by atoms with Gasteiger partial charge in [-0.1, -0.05) is 0 Å². The standard InChI is InChI=1S/C15H19F3N2O6S/c1-8-11(26-27(23,24)15(16,17)18)9-6-20(13(22)25-14(2,3)4)7-10(9)19(5)12(8)21/h6-7H2,1-5H3. The van der Waals surface area contributed by atoms with Crippen molar-refractivity contribution < 1.29 is 35.3 Å². The van der Waals surface area contributed by atoms with Crippen LogP contribution in [0.3, 0.4) is 0 Å². The predicted octanol–water partition coefficient (Wildman–Crippen LogP) is 2.17. The Labute approximate surface area is 153 Å². The summed E-state index contributed by atoms with van der Waals surface area (Å²) in [6, 6.07) is 0. The smallest absolute Gasteiger partial charge is 0.444 e. The summed E-state index contributed by atoms with van der Waals surface area (Å²) >= 11 is 0. The Morgan fingerprint density at radius 1 is 1.15 bits per heavy atom. The van der Waals surface area contributed by atoms with E-state index >= 15 is 0 Å². The lowest BCUT2D eigenvalue weighted by molar-refractivity contribution is -0.0500. The predicted molar refractivity (Wildman–Crippen MR) is 87.5 cm³/mol. The molecule has 2 rings (SSSR count). The molecule has 1 aliphatic heterocycles. The van der Waals surface area contributed by atoms with Gasteiger partial charge in [-0.15, -0.1) is 0 Å². The van der Waals surface area contributed by atoms with E-state index in [0.717, 1.165) is 16.4 Å². The van der Waals surface area contributed by atoms with Crippen molar-refractivity contribution in [1.82, 2.24) is 9.47 Å². The normalized spacial score (nSPS) is 14.9. The van der Waals surface area contributed by atoms with Gasteiger partial charge in [0.25, 0.3) is 5.56 Å². The number of nitrogens with zero attached hydrogens (tertiary/aromatic N) is 2. The third-order valence-electron chi connectivity index (χ3n) is 3.81. The van der Waals surface area contributed by atoms with Crippen molar-refractivity contribution in [3.8, 4) is 5.75 Å². The van der Waals surface area contributed by atoms with Gasteiger partial charge in [-0.3, -0.25) is 9.69 Å². The first-order chi connectivity index (χ1) is 12.0. The number of pyridine rings is 1. The van der Waals surface area contributed by atoms with Gasteiger partial charge < -0.3 is 13.5 Å². The number of ether oxygens (including phenoxy) is 1. The zero-order chi connectivity index (χ0) is 20.9. The summed E-state index contributed by atoms with van der Waals surface area (Å²) in [6.45, 7) is 5.66. The second kappa shape index (κ2) is 6.43. The van der Waals surface area contributed by atoms with E-state index in [1.54, 1.807) is 20.8 Å². The van der Waals surface area contributed by atoms with Crippen LogP contribution in [0.5, 0.6) is 5.75 Å². The Morgan fingerprint density at radius 3 is 2.19 bits per heavy atom. The van der Waals surface area contributed by atoms with Crippen molar-refractivity contribution >= 4 is 16.2 Å². The quantitative estimate of drug-likeness (QED) is 0.546. The van der Waals surface area contributed by atoms with Gasteiger partial charge in [0, 0.05) is 18.3 Å². The molecule has 0 atom stereocenters. The van der Waals surface area contributed by atoms with Crippen LogP contribution in [0.1, 0.15) is 37.6 Å². The molecule has 0 saturated carbocycles. The fourth-order valence-electron chi connectivity index (χ4n) is 2.55. The largest absolute Gasteiger partial charge is 0.534 e. The van der Waals surface area contributed by atoms with Gasteiger partial charge in [-0.05, 0) is 27.7 Å². The number of carbonyl (C=O) groups excluding carboxylic acids is 1. The summed E-state index contributed by atoms with van der Waals surface area (Å²) < 4.78 is 71.5. The third-order valence-corrected chi connectivity index (χ3v) is 4.76. The van der Waals surface area contributed by atoms with Crippen LogP contribution >= 0.6 is 0 Å². The lowest BCUT2D eigenvalue weighted by Gasteiger charge is -2.24. The van der Waals surface area contributed by atoms with Crippen molar-refractivity contribution in [2.24, 2.45) is 7.05 Å². The molecule has 1 amide bonds. The van der Waals surface area contributed by atoms with E-state index < -0.39 is 38.6 Å². The van der Waals surface area contributed by atoms with Crippen molar-refractivity contribution in [2.45, 2.75) is 51.9 Å². The fourth-order valence-corrected chi connectivity index (χ4v) is 3.09. The second-order valence-corrected chi connectivity index (χ2v) is 8.60. The molecule has 0 aliphatic carbocycles. The summed E-state index contributed by atoms with van der Waals surface area (Å²) in [5.74, 6) is -0.712. The fraction of sp³-hybridized carbons (Fsp3) is 0.600. The lowest BCUT2D eigenvalue weighted by atomic mass is 10.1. The van der Waals surface area contributed by atoms with Crippen LogP contribution in [0.15, 0.2) is 4.79 Å². The topological polar surface area (TPSA) is 94.9 Å². The number of halogens is 3. The minimum atomic E-state index is -5.97. The first-order valence-electron chi connectivity index (χ1n) is 7.75. The second-order valence-electron chi connectivity index (χ2n) is 7.06. The molecular formula is C15H19F3N2O6S. The van der Waals surface area contributed by atoms with Gasteiger partial charge in [0.1, 0.15) is 5.60 Å². The molecular weight excluding hydrogens is 393 g/mol. The Balaban J connectivity index is 2.51. The molecule has 1 aliphatic rings. The van der Waals surface area contributed by atoms with Gasteiger partial charge >= 0.3 is 21.7 Å². The number of alkyl halides is 3. The molecule has 1 aromatic rings. The molecule has 2 heterocycles. The molecule has 0 bridgehead atoms. The molecule has 0 N–H and O–H groups in total. The van der Waals surface area contributed by atoms with Crippen molar-refractivity contribution in [2.75, 3.05) is 0 Å². The lowest BCUT2D eigenvalue weighted by Crippen LogP contribution is -2.33. The van der Waals surface area contributed by atoms with Crippen LogP contribution < -0.4 is 9.74 Å². The molecule has 152 valence electrons. The van der Waals surface area contributed by atoms with Gasteiger partial charge in [0.05, 0.1) is 18.7 Å². The van der Waals surface area contributed by atoms with Crippen LogP contribution in [0.4, 0.5) is 18.0 Å². The third kappa shape index (κ3) is 4.04. The van der Waals surface area contributed by atoms with Crippen LogP contribution in [0.2, 0.25) is 0 Å². The highest BCUT2D eigenvalue weighted by atomic mass is 32.2. The summed E-state index contributed by atoms with van der Waals surface area (Å²) in [5.41, 5.74) is -7.33. The molecule has 0 saturated heterocycles. The Kier molecular flexibility index (Phi) is 5.01. The monoisotopic (exact) mass is 412 g/mol. The number of aromatic nitrogens is 1. The Bertz CT molecular complexity index is 944. The highest BCUT2D eigenvalue weighted by Crippen LogP contribution is 2.36. The highest BCUT2D eigenvalue weighted by Gasteiger charge is 2.49. The number of hydrogen-bond acceptors (Lipinski definition) is 6. The SMILES string of the molecule is Cc1c(OS(=O)(=O)C(F)(F)F)c2c(n(C)c1=O)CN(C(=O)OC(C)(C)C)C2.